The number of amides is 3. The fourth-order valence-corrected chi connectivity index (χ4v) is 3.89. The lowest BCUT2D eigenvalue weighted by Gasteiger charge is -2.29. The second-order valence-electron chi connectivity index (χ2n) is 7.82. The number of nitrogens with one attached hydrogen (secondary N) is 1. The number of piperidine rings is 1. The van der Waals surface area contributed by atoms with Crippen LogP contribution < -0.4 is 10.1 Å². The summed E-state index contributed by atoms with van der Waals surface area (Å²) in [4.78, 5) is 41.0. The van der Waals surface area contributed by atoms with Crippen LogP contribution in [0.15, 0.2) is 42.4 Å². The van der Waals surface area contributed by atoms with E-state index in [1.165, 1.54) is 0 Å². The third kappa shape index (κ3) is 4.62. The molecule has 2 saturated heterocycles. The van der Waals surface area contributed by atoms with E-state index in [4.69, 9.17) is 20.4 Å². The first-order chi connectivity index (χ1) is 19.2. The summed E-state index contributed by atoms with van der Waals surface area (Å²) in [5, 5.41) is 1.63. The zero-order valence-electron chi connectivity index (χ0n) is 25.7. The van der Waals surface area contributed by atoms with Gasteiger partial charge in [-0.25, -0.2) is 0 Å². The van der Waals surface area contributed by atoms with Gasteiger partial charge in [0.25, 0.3) is 5.91 Å². The zero-order chi connectivity index (χ0) is 29.9. The molecule has 2 fully saturated rings. The predicted molar refractivity (Wildman–Crippen MR) is 119 cm³/mol. The molecule has 0 unspecified atom stereocenters. The average Bonchev–Trinajstić information content (AvgIpc) is 3.28. The fourth-order valence-electron chi connectivity index (χ4n) is 3.89. The van der Waals surface area contributed by atoms with Crippen LogP contribution in [-0.2, 0) is 34.0 Å². The first-order valence-corrected chi connectivity index (χ1v) is 10.5. The van der Waals surface area contributed by atoms with E-state index >= 15 is 0 Å². The SMILES string of the molecule is [2H]c1c([2H])c(OCc2ccc(CN3CCOCC3)cc2)c2c(c1[2H])C(=O)N([C@@]1([2H])C(=O)NC(=O)C([2H])([2H])C1([2H])[2H])C2. The number of hydrogen-bond donors (Lipinski definition) is 1. The Balaban J connectivity index is 1.43. The monoisotopic (exact) mass is 457 g/mol. The van der Waals surface area contributed by atoms with E-state index in [1.54, 1.807) is 5.32 Å². The topological polar surface area (TPSA) is 88.2 Å². The smallest absolute Gasteiger partial charge is 0.255 e. The minimum atomic E-state index is -3.49. The molecule has 8 heteroatoms. The molecule has 0 saturated carbocycles. The minimum Gasteiger partial charge on any atom is -0.489 e. The number of imide groups is 1. The highest BCUT2D eigenvalue weighted by Gasteiger charge is 2.40. The molecule has 0 bridgehead atoms. The van der Waals surface area contributed by atoms with E-state index < -0.39 is 66.7 Å². The van der Waals surface area contributed by atoms with Crippen molar-refractivity contribution >= 4 is 17.7 Å². The van der Waals surface area contributed by atoms with Gasteiger partial charge in [0.2, 0.25) is 11.8 Å². The maximum atomic E-state index is 13.5. The van der Waals surface area contributed by atoms with Gasteiger partial charge >= 0.3 is 0 Å². The first kappa shape index (κ1) is 14.1. The summed E-state index contributed by atoms with van der Waals surface area (Å²) in [5.74, 6) is -4.56. The van der Waals surface area contributed by atoms with Crippen molar-refractivity contribution in [3.63, 3.8) is 0 Å². The van der Waals surface area contributed by atoms with E-state index in [2.05, 4.69) is 4.90 Å². The Bertz CT molecular complexity index is 1430. The Kier molecular flexibility index (Phi) is 3.99. The molecule has 5 rings (SSSR count). The van der Waals surface area contributed by atoms with Crippen LogP contribution in [0.3, 0.4) is 0 Å². The van der Waals surface area contributed by atoms with Gasteiger partial charge in [-0.2, -0.15) is 0 Å². The van der Waals surface area contributed by atoms with Gasteiger partial charge in [0.15, 0.2) is 0 Å². The largest absolute Gasteiger partial charge is 0.489 e. The number of carbonyl (C=O) groups is 3. The van der Waals surface area contributed by atoms with Crippen molar-refractivity contribution in [2.45, 2.75) is 38.5 Å². The van der Waals surface area contributed by atoms with Crippen molar-refractivity contribution in [2.75, 3.05) is 26.3 Å². The van der Waals surface area contributed by atoms with Gasteiger partial charge in [-0.1, -0.05) is 30.3 Å². The second kappa shape index (κ2) is 9.33. The molecule has 33 heavy (non-hydrogen) atoms. The minimum absolute atomic E-state index is 0.0779. The number of benzene rings is 2. The van der Waals surface area contributed by atoms with Gasteiger partial charge in [-0.05, 0) is 29.6 Å². The lowest BCUT2D eigenvalue weighted by atomic mass is 10.0. The highest BCUT2D eigenvalue weighted by molar-refractivity contribution is 6.05. The average molecular weight is 458 g/mol. The standard InChI is InChI=1S/C25H27N3O5/c29-23-9-8-21(24(30)26-23)28-15-20-19(25(28)31)2-1-3-22(20)33-16-18-6-4-17(5-7-18)14-27-10-12-32-13-11-27/h1-7,21H,8-16H2,(H,26,29,30)/t21-/m1/s1/i1D,2D,3D,8D2,9D2,21D. The van der Waals surface area contributed by atoms with E-state index in [9.17, 15) is 14.4 Å². The summed E-state index contributed by atoms with van der Waals surface area (Å²) in [5.41, 5.74) is 1.23. The Labute approximate surface area is 203 Å². The normalized spacial score (nSPS) is 29.9. The van der Waals surface area contributed by atoms with E-state index in [0.29, 0.717) is 23.7 Å². The highest BCUT2D eigenvalue weighted by Crippen LogP contribution is 2.34. The number of hydrogen-bond acceptors (Lipinski definition) is 6. The number of carbonyl (C=O) groups excluding carboxylic acids is 3. The molecule has 1 N–H and O–H groups in total. The Morgan fingerprint density at radius 2 is 1.91 bits per heavy atom. The van der Waals surface area contributed by atoms with Crippen LogP contribution in [0.5, 0.6) is 5.75 Å². The summed E-state index contributed by atoms with van der Waals surface area (Å²) < 4.78 is 77.2. The van der Waals surface area contributed by atoms with E-state index in [-0.39, 0.29) is 17.9 Å². The van der Waals surface area contributed by atoms with Crippen LogP contribution in [0, 0.1) is 0 Å². The third-order valence-corrected chi connectivity index (χ3v) is 5.64. The molecule has 8 nitrogen and oxygen atoms in total. The van der Waals surface area contributed by atoms with Crippen molar-refractivity contribution in [1.29, 1.82) is 0 Å². The molecular formula is C25H27N3O5. The summed E-state index contributed by atoms with van der Waals surface area (Å²) in [6.07, 6.45) is -6.84. The number of rotatable bonds is 6. The molecular weight excluding hydrogens is 422 g/mol. The Morgan fingerprint density at radius 3 is 2.70 bits per heavy atom. The van der Waals surface area contributed by atoms with Crippen molar-refractivity contribution in [1.82, 2.24) is 15.1 Å². The molecule has 0 aliphatic carbocycles. The quantitative estimate of drug-likeness (QED) is 0.667. The van der Waals surface area contributed by atoms with Crippen molar-refractivity contribution in [2.24, 2.45) is 0 Å². The summed E-state index contributed by atoms with van der Waals surface area (Å²) in [6, 6.07) is 2.45. The van der Waals surface area contributed by atoms with Gasteiger partial charge in [0, 0.05) is 42.6 Å². The van der Waals surface area contributed by atoms with Gasteiger partial charge in [0.05, 0.1) is 25.2 Å². The maximum absolute atomic E-state index is 13.5. The molecule has 3 amide bonds. The van der Waals surface area contributed by atoms with Crippen LogP contribution in [0.2, 0.25) is 0 Å². The second-order valence-corrected chi connectivity index (χ2v) is 7.82. The van der Waals surface area contributed by atoms with Crippen molar-refractivity contribution in [3.05, 3.63) is 64.6 Å². The van der Waals surface area contributed by atoms with Crippen LogP contribution in [0.1, 0.15) is 50.8 Å². The van der Waals surface area contributed by atoms with Gasteiger partial charge in [-0.3, -0.25) is 24.6 Å². The van der Waals surface area contributed by atoms with Crippen LogP contribution in [0.25, 0.3) is 0 Å². The predicted octanol–water partition coefficient (Wildman–Crippen LogP) is 1.86. The molecule has 172 valence electrons. The van der Waals surface area contributed by atoms with Gasteiger partial charge in [-0.15, -0.1) is 0 Å². The summed E-state index contributed by atoms with van der Waals surface area (Å²) in [6.45, 7) is 3.03. The fraction of sp³-hybridized carbons (Fsp3) is 0.400. The maximum Gasteiger partial charge on any atom is 0.255 e. The van der Waals surface area contributed by atoms with E-state index in [0.717, 1.165) is 25.2 Å². The van der Waals surface area contributed by atoms with Crippen LogP contribution in [0.4, 0.5) is 0 Å². The van der Waals surface area contributed by atoms with Crippen molar-refractivity contribution in [3.8, 4) is 5.75 Å². The molecule has 0 aromatic heterocycles. The summed E-state index contributed by atoms with van der Waals surface area (Å²) in [7, 11) is 0. The number of fused-ring (bicyclic) bond motifs is 1. The van der Waals surface area contributed by atoms with E-state index in [1.807, 2.05) is 24.3 Å². The lowest BCUT2D eigenvalue weighted by molar-refractivity contribution is -0.136. The van der Waals surface area contributed by atoms with Gasteiger partial charge in [0.1, 0.15) is 18.4 Å². The molecule has 0 radical (unpaired) electrons. The van der Waals surface area contributed by atoms with Crippen LogP contribution in [-0.4, -0.2) is 59.8 Å². The molecule has 3 aliphatic rings. The van der Waals surface area contributed by atoms with Crippen LogP contribution >= 0.6 is 0 Å². The van der Waals surface area contributed by atoms with Crippen molar-refractivity contribution < 1.29 is 34.8 Å². The molecule has 3 heterocycles. The molecule has 0 spiro atoms. The zero-order valence-corrected chi connectivity index (χ0v) is 17.7. The molecule has 2 aromatic rings. The Morgan fingerprint density at radius 1 is 1.15 bits per heavy atom. The first-order valence-electron chi connectivity index (χ1n) is 14.5. The molecule has 1 atom stereocenters. The number of morpholine rings is 1. The van der Waals surface area contributed by atoms with Gasteiger partial charge < -0.3 is 14.4 Å². The highest BCUT2D eigenvalue weighted by atomic mass is 16.5. The third-order valence-electron chi connectivity index (χ3n) is 5.64. The summed E-state index contributed by atoms with van der Waals surface area (Å²) >= 11 is 0. The lowest BCUT2D eigenvalue weighted by Crippen LogP contribution is -2.52. The number of nitrogens with zero attached hydrogens (tertiary/aromatic N) is 2. The number of ether oxygens (including phenoxy) is 2. The Hall–Kier alpha value is -3.23. The molecule has 2 aromatic carbocycles. The molecule has 3 aliphatic heterocycles.